The minimum Gasteiger partial charge on any atom is -0.331 e. The maximum Gasteiger partial charge on any atom is 0.191 e. The van der Waals surface area contributed by atoms with E-state index in [0.29, 0.717) is 5.11 Å². The monoisotopic (exact) mass is 284 g/mol. The van der Waals surface area contributed by atoms with Gasteiger partial charge in [-0.1, -0.05) is 18.2 Å². The van der Waals surface area contributed by atoms with Crippen molar-refractivity contribution in [2.75, 3.05) is 5.32 Å². The fraction of sp³-hybridized carbons (Fsp3) is 0.133. The first-order chi connectivity index (χ1) is 9.66. The second-order valence-corrected chi connectivity index (χ2v) is 4.73. The molecule has 2 rings (SSSR count). The van der Waals surface area contributed by atoms with E-state index in [9.17, 15) is 0 Å². The third-order valence-corrected chi connectivity index (χ3v) is 3.10. The fourth-order valence-electron chi connectivity index (χ4n) is 1.65. The number of anilines is 1. The van der Waals surface area contributed by atoms with Gasteiger partial charge in [0.05, 0.1) is 11.9 Å². The minimum atomic E-state index is 0.450. The van der Waals surface area contributed by atoms with E-state index in [-0.39, 0.29) is 0 Å². The van der Waals surface area contributed by atoms with Crippen LogP contribution in [0.25, 0.3) is 0 Å². The molecule has 0 saturated carbocycles. The van der Waals surface area contributed by atoms with Crippen molar-refractivity contribution >= 4 is 29.2 Å². The molecule has 1 aromatic carbocycles. The Morgan fingerprint density at radius 1 is 1.20 bits per heavy atom. The first kappa shape index (κ1) is 14.1. The molecule has 20 heavy (non-hydrogen) atoms. The van der Waals surface area contributed by atoms with Crippen molar-refractivity contribution in [1.82, 2.24) is 10.4 Å². The lowest BCUT2D eigenvalue weighted by atomic mass is 10.1. The molecule has 0 spiro atoms. The molecule has 0 atom stereocenters. The second-order valence-electron chi connectivity index (χ2n) is 4.33. The Morgan fingerprint density at radius 2 is 2.05 bits per heavy atom. The van der Waals surface area contributed by atoms with Gasteiger partial charge in [0.1, 0.15) is 0 Å². The first-order valence-corrected chi connectivity index (χ1v) is 6.65. The molecular formula is C15H16N4S. The van der Waals surface area contributed by atoms with Gasteiger partial charge in [-0.3, -0.25) is 10.4 Å². The van der Waals surface area contributed by atoms with Gasteiger partial charge >= 0.3 is 0 Å². The molecule has 0 aliphatic rings. The highest BCUT2D eigenvalue weighted by Crippen LogP contribution is 2.17. The van der Waals surface area contributed by atoms with Gasteiger partial charge in [0.2, 0.25) is 0 Å². The Morgan fingerprint density at radius 3 is 2.80 bits per heavy atom. The number of hydrogen-bond donors (Lipinski definition) is 2. The summed E-state index contributed by atoms with van der Waals surface area (Å²) < 4.78 is 0. The van der Waals surface area contributed by atoms with Crippen LogP contribution in [0.3, 0.4) is 0 Å². The molecule has 2 aromatic rings. The molecule has 0 amide bonds. The van der Waals surface area contributed by atoms with E-state index in [1.54, 1.807) is 12.4 Å². The van der Waals surface area contributed by atoms with Crippen molar-refractivity contribution in [2.45, 2.75) is 13.8 Å². The van der Waals surface area contributed by atoms with Crippen LogP contribution >= 0.6 is 12.2 Å². The number of hydrogen-bond acceptors (Lipinski definition) is 3. The summed E-state index contributed by atoms with van der Waals surface area (Å²) in [6.07, 6.45) is 3.34. The Hall–Kier alpha value is -2.27. The number of aromatic nitrogens is 1. The predicted octanol–water partition coefficient (Wildman–Crippen LogP) is 3.02. The van der Waals surface area contributed by atoms with Crippen LogP contribution in [0, 0.1) is 13.8 Å². The highest BCUT2D eigenvalue weighted by molar-refractivity contribution is 7.80. The number of nitrogens with zero attached hydrogens (tertiary/aromatic N) is 2. The third kappa shape index (κ3) is 3.86. The molecule has 5 heteroatoms. The smallest absolute Gasteiger partial charge is 0.191 e. The second kappa shape index (κ2) is 6.77. The number of thiocarbonyl (C=S) groups is 1. The molecule has 0 bridgehead atoms. The largest absolute Gasteiger partial charge is 0.331 e. The molecule has 0 fully saturated rings. The molecule has 2 N–H and O–H groups in total. The van der Waals surface area contributed by atoms with E-state index in [4.69, 9.17) is 12.2 Å². The van der Waals surface area contributed by atoms with Gasteiger partial charge in [-0.2, -0.15) is 5.10 Å². The lowest BCUT2D eigenvalue weighted by Crippen LogP contribution is -2.24. The molecule has 0 saturated heterocycles. The number of rotatable bonds is 3. The maximum atomic E-state index is 5.20. The molecule has 1 heterocycles. The first-order valence-electron chi connectivity index (χ1n) is 6.24. The zero-order chi connectivity index (χ0) is 14.4. The third-order valence-electron chi connectivity index (χ3n) is 2.90. The van der Waals surface area contributed by atoms with Crippen molar-refractivity contribution in [2.24, 2.45) is 5.10 Å². The Kier molecular flexibility index (Phi) is 4.79. The van der Waals surface area contributed by atoms with Crippen LogP contribution in [-0.2, 0) is 0 Å². The Labute approximate surface area is 123 Å². The number of hydrazone groups is 1. The van der Waals surface area contributed by atoms with E-state index < -0.39 is 0 Å². The molecule has 102 valence electrons. The van der Waals surface area contributed by atoms with Gasteiger partial charge in [-0.15, -0.1) is 0 Å². The molecule has 0 radical (unpaired) electrons. The molecule has 0 unspecified atom stereocenters. The van der Waals surface area contributed by atoms with Crippen LogP contribution in [0.1, 0.15) is 16.8 Å². The van der Waals surface area contributed by atoms with Crippen LogP contribution in [0.15, 0.2) is 47.7 Å². The number of pyridine rings is 1. The normalized spacial score (nSPS) is 10.5. The molecule has 0 aliphatic heterocycles. The average molecular weight is 284 g/mol. The predicted molar refractivity (Wildman–Crippen MR) is 87.1 cm³/mol. The standard InChI is InChI=1S/C15H16N4S/c1-11-6-5-8-14(12(11)2)18-15(20)19-17-10-13-7-3-4-9-16-13/h3-10H,1-2H3,(H2,18,19,20). The van der Waals surface area contributed by atoms with E-state index in [0.717, 1.165) is 11.4 Å². The van der Waals surface area contributed by atoms with E-state index in [1.807, 2.05) is 30.3 Å². The van der Waals surface area contributed by atoms with Crippen molar-refractivity contribution in [3.8, 4) is 0 Å². The van der Waals surface area contributed by atoms with Crippen molar-refractivity contribution in [1.29, 1.82) is 0 Å². The highest BCUT2D eigenvalue weighted by Gasteiger charge is 2.01. The van der Waals surface area contributed by atoms with Crippen molar-refractivity contribution < 1.29 is 0 Å². The summed E-state index contributed by atoms with van der Waals surface area (Å²) in [6.45, 7) is 4.12. The number of nitrogens with one attached hydrogen (secondary N) is 2. The minimum absolute atomic E-state index is 0.450. The average Bonchev–Trinajstić information content (AvgIpc) is 2.45. The zero-order valence-electron chi connectivity index (χ0n) is 11.4. The fourth-order valence-corrected chi connectivity index (χ4v) is 1.81. The quantitative estimate of drug-likeness (QED) is 0.517. The summed E-state index contributed by atoms with van der Waals surface area (Å²) in [5.41, 5.74) is 6.92. The molecule has 0 aliphatic carbocycles. The van der Waals surface area contributed by atoms with Gasteiger partial charge in [0.15, 0.2) is 5.11 Å². The lowest BCUT2D eigenvalue weighted by molar-refractivity contribution is 1.05. The number of aryl methyl sites for hydroxylation is 1. The summed E-state index contributed by atoms with van der Waals surface area (Å²) in [6, 6.07) is 11.7. The highest BCUT2D eigenvalue weighted by atomic mass is 32.1. The van der Waals surface area contributed by atoms with Gasteiger partial charge in [-0.05, 0) is 55.4 Å². The molecule has 4 nitrogen and oxygen atoms in total. The zero-order valence-corrected chi connectivity index (χ0v) is 12.2. The summed E-state index contributed by atoms with van der Waals surface area (Å²) in [5.74, 6) is 0. The molecule has 1 aromatic heterocycles. The lowest BCUT2D eigenvalue weighted by Gasteiger charge is -2.11. The Balaban J connectivity index is 1.93. The Bertz CT molecular complexity index is 623. The molecular weight excluding hydrogens is 268 g/mol. The van der Waals surface area contributed by atoms with Gasteiger partial charge in [0, 0.05) is 11.9 Å². The van der Waals surface area contributed by atoms with Gasteiger partial charge < -0.3 is 5.32 Å². The van der Waals surface area contributed by atoms with Crippen molar-refractivity contribution in [3.63, 3.8) is 0 Å². The van der Waals surface area contributed by atoms with E-state index in [2.05, 4.69) is 40.7 Å². The summed E-state index contributed by atoms with van der Waals surface area (Å²) in [7, 11) is 0. The maximum absolute atomic E-state index is 5.20. The summed E-state index contributed by atoms with van der Waals surface area (Å²) >= 11 is 5.20. The summed E-state index contributed by atoms with van der Waals surface area (Å²) in [4.78, 5) is 4.13. The summed E-state index contributed by atoms with van der Waals surface area (Å²) in [5, 5.41) is 7.62. The van der Waals surface area contributed by atoms with Crippen LogP contribution < -0.4 is 10.7 Å². The van der Waals surface area contributed by atoms with Gasteiger partial charge in [0.25, 0.3) is 0 Å². The van der Waals surface area contributed by atoms with Crippen molar-refractivity contribution in [3.05, 3.63) is 59.4 Å². The van der Waals surface area contributed by atoms with Gasteiger partial charge in [-0.25, -0.2) is 0 Å². The number of benzene rings is 1. The van der Waals surface area contributed by atoms with Crippen LogP contribution in [0.4, 0.5) is 5.69 Å². The van der Waals surface area contributed by atoms with E-state index in [1.165, 1.54) is 11.1 Å². The van der Waals surface area contributed by atoms with Crippen LogP contribution in [-0.4, -0.2) is 16.3 Å². The van der Waals surface area contributed by atoms with Crippen LogP contribution in [0.5, 0.6) is 0 Å². The van der Waals surface area contributed by atoms with Crippen LogP contribution in [0.2, 0.25) is 0 Å². The van der Waals surface area contributed by atoms with E-state index >= 15 is 0 Å². The topological polar surface area (TPSA) is 49.3 Å². The SMILES string of the molecule is Cc1cccc(NC(=S)NN=Cc2ccccn2)c1C.